The highest BCUT2D eigenvalue weighted by Crippen LogP contribution is 2.31. The summed E-state index contributed by atoms with van der Waals surface area (Å²) in [5, 5.41) is 9.80. The lowest BCUT2D eigenvalue weighted by Crippen LogP contribution is -2.29. The second-order valence-corrected chi connectivity index (χ2v) is 5.78. The molecule has 0 fully saturated rings. The fourth-order valence-corrected chi connectivity index (χ4v) is 2.93. The summed E-state index contributed by atoms with van der Waals surface area (Å²) in [6, 6.07) is 9.86. The molecule has 130 valence electrons. The molecular formula is C16H13FN8O. The first kappa shape index (κ1) is 14.5. The molecule has 0 bridgehead atoms. The lowest BCUT2D eigenvalue weighted by molar-refractivity contribution is 0.565. The zero-order chi connectivity index (χ0) is 17.7. The van der Waals surface area contributed by atoms with Crippen LogP contribution in [0.15, 0.2) is 53.4 Å². The SMILES string of the molecule is N=c1nc2c(c3ncn(Cc4cccc(F)c4)n13)NN(c1ccco1)N2. The highest BCUT2D eigenvalue weighted by atomic mass is 19.1. The first-order valence-electron chi connectivity index (χ1n) is 7.83. The lowest BCUT2D eigenvalue weighted by Gasteiger charge is -2.13. The quantitative estimate of drug-likeness (QED) is 0.521. The number of nitrogens with one attached hydrogen (secondary N) is 3. The van der Waals surface area contributed by atoms with Crippen molar-refractivity contribution in [3.63, 3.8) is 0 Å². The Labute approximate surface area is 145 Å². The first-order valence-corrected chi connectivity index (χ1v) is 7.83. The molecule has 0 saturated heterocycles. The van der Waals surface area contributed by atoms with E-state index in [0.29, 0.717) is 29.6 Å². The van der Waals surface area contributed by atoms with Crippen LogP contribution in [0.5, 0.6) is 0 Å². The number of hydrogen-bond donors (Lipinski definition) is 3. The summed E-state index contributed by atoms with van der Waals surface area (Å²) < 4.78 is 22.0. The average Bonchev–Trinajstić information content (AvgIpc) is 3.33. The molecular weight excluding hydrogens is 339 g/mol. The topological polar surface area (TPSA) is 99.4 Å². The van der Waals surface area contributed by atoms with Gasteiger partial charge in [0, 0.05) is 6.07 Å². The van der Waals surface area contributed by atoms with Gasteiger partial charge in [-0.05, 0) is 23.8 Å². The van der Waals surface area contributed by atoms with Crippen molar-refractivity contribution in [1.29, 1.82) is 5.41 Å². The molecule has 0 amide bonds. The Morgan fingerprint density at radius 3 is 2.92 bits per heavy atom. The number of halogens is 1. The van der Waals surface area contributed by atoms with Gasteiger partial charge >= 0.3 is 0 Å². The molecule has 0 unspecified atom stereocenters. The molecule has 0 spiro atoms. The van der Waals surface area contributed by atoms with Crippen molar-refractivity contribution < 1.29 is 8.81 Å². The van der Waals surface area contributed by atoms with Crippen LogP contribution in [0.2, 0.25) is 0 Å². The number of hydrogen-bond acceptors (Lipinski definition) is 7. The molecule has 4 aromatic rings. The Morgan fingerprint density at radius 2 is 2.12 bits per heavy atom. The van der Waals surface area contributed by atoms with E-state index in [-0.39, 0.29) is 11.4 Å². The minimum Gasteiger partial charge on any atom is -0.446 e. The standard InChI is InChI=1S/C16H13FN8O/c17-11-4-1-3-10(7-11)8-23-9-19-15-13-14(20-16(18)24(15)23)22-25(21-13)12-5-2-6-26-12/h1-7,9,21H,8H2,(H2,18,20,22). The van der Waals surface area contributed by atoms with Gasteiger partial charge in [0.05, 0.1) is 12.8 Å². The predicted molar refractivity (Wildman–Crippen MR) is 90.8 cm³/mol. The summed E-state index contributed by atoms with van der Waals surface area (Å²) >= 11 is 0. The van der Waals surface area contributed by atoms with E-state index in [4.69, 9.17) is 9.83 Å². The van der Waals surface area contributed by atoms with Crippen molar-refractivity contribution in [3.8, 4) is 0 Å². The van der Waals surface area contributed by atoms with Gasteiger partial charge < -0.3 is 4.42 Å². The number of benzene rings is 1. The van der Waals surface area contributed by atoms with Crippen LogP contribution in [0.3, 0.4) is 0 Å². The Kier molecular flexibility index (Phi) is 2.98. The van der Waals surface area contributed by atoms with Crippen molar-refractivity contribution in [3.05, 3.63) is 66.0 Å². The van der Waals surface area contributed by atoms with Crippen LogP contribution < -0.4 is 21.6 Å². The molecule has 0 atom stereocenters. The fraction of sp³-hybridized carbons (Fsp3) is 0.0625. The monoisotopic (exact) mass is 352 g/mol. The summed E-state index contributed by atoms with van der Waals surface area (Å²) in [5.41, 5.74) is 8.05. The van der Waals surface area contributed by atoms with E-state index in [1.165, 1.54) is 12.1 Å². The van der Waals surface area contributed by atoms with Gasteiger partial charge in [-0.25, -0.2) is 9.37 Å². The molecule has 0 aliphatic carbocycles. The number of fused-ring (bicyclic) bond motifs is 3. The van der Waals surface area contributed by atoms with Crippen LogP contribution in [-0.4, -0.2) is 19.2 Å². The van der Waals surface area contributed by atoms with Crippen molar-refractivity contribution >= 4 is 23.0 Å². The molecule has 3 N–H and O–H groups in total. The largest absolute Gasteiger partial charge is 0.446 e. The third-order valence-corrected chi connectivity index (χ3v) is 4.05. The van der Waals surface area contributed by atoms with Gasteiger partial charge in [0.2, 0.25) is 11.5 Å². The van der Waals surface area contributed by atoms with Gasteiger partial charge in [-0.2, -0.15) is 14.6 Å². The number of hydrazine groups is 2. The van der Waals surface area contributed by atoms with E-state index >= 15 is 0 Å². The summed E-state index contributed by atoms with van der Waals surface area (Å²) in [5.74, 6) is 0.719. The Balaban J connectivity index is 1.57. The zero-order valence-electron chi connectivity index (χ0n) is 13.3. The van der Waals surface area contributed by atoms with E-state index < -0.39 is 0 Å². The number of anilines is 3. The fourth-order valence-electron chi connectivity index (χ4n) is 2.93. The molecule has 9 nitrogen and oxygen atoms in total. The maximum atomic E-state index is 13.4. The molecule has 1 aromatic carbocycles. The van der Waals surface area contributed by atoms with E-state index in [1.54, 1.807) is 45.1 Å². The highest BCUT2D eigenvalue weighted by molar-refractivity contribution is 5.85. The Bertz CT molecular complexity index is 1160. The molecule has 0 radical (unpaired) electrons. The minimum absolute atomic E-state index is 0.00301. The van der Waals surface area contributed by atoms with Crippen LogP contribution in [-0.2, 0) is 6.54 Å². The van der Waals surface area contributed by atoms with Gasteiger partial charge in [0.25, 0.3) is 0 Å². The predicted octanol–water partition coefficient (Wildman–Crippen LogP) is 1.96. The van der Waals surface area contributed by atoms with Crippen molar-refractivity contribution in [2.75, 3.05) is 16.0 Å². The molecule has 1 aliphatic rings. The average molecular weight is 352 g/mol. The Morgan fingerprint density at radius 1 is 1.19 bits per heavy atom. The van der Waals surface area contributed by atoms with Gasteiger partial charge in [-0.15, -0.1) is 0 Å². The zero-order valence-corrected chi connectivity index (χ0v) is 13.3. The normalized spacial score (nSPS) is 12.9. The van der Waals surface area contributed by atoms with E-state index in [0.717, 1.165) is 5.56 Å². The summed E-state index contributed by atoms with van der Waals surface area (Å²) in [6.45, 7) is 0.362. The van der Waals surface area contributed by atoms with E-state index in [2.05, 4.69) is 20.8 Å². The molecule has 4 heterocycles. The third kappa shape index (κ3) is 2.19. The number of rotatable bonds is 3. The number of aromatic nitrogens is 4. The molecule has 3 aromatic heterocycles. The van der Waals surface area contributed by atoms with Crippen LogP contribution in [0, 0.1) is 11.2 Å². The van der Waals surface area contributed by atoms with Gasteiger partial charge in [-0.1, -0.05) is 12.1 Å². The molecule has 26 heavy (non-hydrogen) atoms. The molecule has 0 saturated carbocycles. The van der Waals surface area contributed by atoms with Crippen LogP contribution >= 0.6 is 0 Å². The Hall–Kier alpha value is -3.82. The van der Waals surface area contributed by atoms with E-state index in [1.807, 2.05) is 6.07 Å². The van der Waals surface area contributed by atoms with Crippen molar-refractivity contribution in [2.24, 2.45) is 0 Å². The second-order valence-electron chi connectivity index (χ2n) is 5.78. The highest BCUT2D eigenvalue weighted by Gasteiger charge is 2.26. The second kappa shape index (κ2) is 5.34. The summed E-state index contributed by atoms with van der Waals surface area (Å²) in [4.78, 5) is 8.67. The molecule has 5 rings (SSSR count). The van der Waals surface area contributed by atoms with Crippen LogP contribution in [0.4, 0.5) is 21.8 Å². The molecule has 1 aliphatic heterocycles. The third-order valence-electron chi connectivity index (χ3n) is 4.05. The maximum Gasteiger partial charge on any atom is 0.245 e. The van der Waals surface area contributed by atoms with Crippen molar-refractivity contribution in [1.82, 2.24) is 19.2 Å². The van der Waals surface area contributed by atoms with Crippen LogP contribution in [0.1, 0.15) is 5.56 Å². The first-order chi connectivity index (χ1) is 12.7. The van der Waals surface area contributed by atoms with E-state index in [9.17, 15) is 4.39 Å². The summed E-state index contributed by atoms with van der Waals surface area (Å²) in [6.07, 6.45) is 3.15. The number of furan rings is 1. The summed E-state index contributed by atoms with van der Waals surface area (Å²) in [7, 11) is 0. The minimum atomic E-state index is -0.304. The van der Waals surface area contributed by atoms with Gasteiger partial charge in [0.1, 0.15) is 17.8 Å². The van der Waals surface area contributed by atoms with Gasteiger partial charge in [-0.3, -0.25) is 20.9 Å². The molecule has 10 heteroatoms. The lowest BCUT2D eigenvalue weighted by atomic mass is 10.2. The number of nitrogens with zero attached hydrogens (tertiary/aromatic N) is 5. The van der Waals surface area contributed by atoms with Gasteiger partial charge in [0.15, 0.2) is 11.5 Å². The smallest absolute Gasteiger partial charge is 0.245 e. The maximum absolute atomic E-state index is 13.4. The van der Waals surface area contributed by atoms with Crippen molar-refractivity contribution in [2.45, 2.75) is 6.54 Å². The van der Waals surface area contributed by atoms with Crippen LogP contribution in [0.25, 0.3) is 5.65 Å².